The van der Waals surface area contributed by atoms with E-state index in [-0.39, 0.29) is 11.9 Å². The number of hydrogen-bond donors (Lipinski definition) is 1. The minimum atomic E-state index is -4.25. The molecule has 1 N–H and O–H groups in total. The summed E-state index contributed by atoms with van der Waals surface area (Å²) in [6, 6.07) is 1.22. The van der Waals surface area contributed by atoms with Gasteiger partial charge in [0.05, 0.1) is 6.04 Å². The molecule has 2 rings (SSSR count). The fourth-order valence-electron chi connectivity index (χ4n) is 2.71. The standard InChI is InChI=1S/C15H20F2N2O3S/c1-10-5-3-4-8-19(10)15(20)11(2)18-23(21,22)14-7-6-12(16)9-13(14)17/h6-7,9-11,18H,3-5,8H2,1-2H3/t10-,11-/m0/s1. The van der Waals surface area contributed by atoms with Crippen LogP contribution in [-0.2, 0) is 14.8 Å². The monoisotopic (exact) mass is 346 g/mol. The van der Waals surface area contributed by atoms with E-state index in [9.17, 15) is 22.0 Å². The Kier molecular flexibility index (Phi) is 5.36. The van der Waals surface area contributed by atoms with Crippen molar-refractivity contribution in [2.24, 2.45) is 0 Å². The first-order chi connectivity index (χ1) is 10.7. The Balaban J connectivity index is 2.14. The molecule has 0 unspecified atom stereocenters. The number of nitrogens with zero attached hydrogens (tertiary/aromatic N) is 1. The van der Waals surface area contributed by atoms with Crippen molar-refractivity contribution in [3.63, 3.8) is 0 Å². The molecule has 0 bridgehead atoms. The van der Waals surface area contributed by atoms with Gasteiger partial charge in [0.2, 0.25) is 15.9 Å². The van der Waals surface area contributed by atoms with Gasteiger partial charge in [0.1, 0.15) is 16.5 Å². The van der Waals surface area contributed by atoms with Crippen molar-refractivity contribution in [2.45, 2.75) is 50.1 Å². The molecule has 1 saturated heterocycles. The van der Waals surface area contributed by atoms with Crippen LogP contribution in [0.15, 0.2) is 23.1 Å². The van der Waals surface area contributed by atoms with Gasteiger partial charge in [0.25, 0.3) is 0 Å². The summed E-state index contributed by atoms with van der Waals surface area (Å²) in [6.45, 7) is 3.91. The Bertz CT molecular complexity index is 694. The van der Waals surface area contributed by atoms with E-state index in [4.69, 9.17) is 0 Å². The number of carbonyl (C=O) groups is 1. The van der Waals surface area contributed by atoms with Crippen molar-refractivity contribution in [1.82, 2.24) is 9.62 Å². The smallest absolute Gasteiger partial charge is 0.244 e. The number of nitrogens with one attached hydrogen (secondary N) is 1. The number of sulfonamides is 1. The van der Waals surface area contributed by atoms with Crippen LogP contribution in [0.1, 0.15) is 33.1 Å². The van der Waals surface area contributed by atoms with Gasteiger partial charge < -0.3 is 4.90 Å². The number of hydrogen-bond acceptors (Lipinski definition) is 3. The van der Waals surface area contributed by atoms with Gasteiger partial charge in [-0.2, -0.15) is 4.72 Å². The van der Waals surface area contributed by atoms with Gasteiger partial charge >= 0.3 is 0 Å². The fourth-order valence-corrected chi connectivity index (χ4v) is 3.97. The number of amides is 1. The zero-order chi connectivity index (χ0) is 17.2. The third-order valence-corrected chi connectivity index (χ3v) is 5.55. The summed E-state index contributed by atoms with van der Waals surface area (Å²) in [4.78, 5) is 13.4. The molecule has 0 aromatic heterocycles. The quantitative estimate of drug-likeness (QED) is 0.907. The molecule has 1 aliphatic rings. The lowest BCUT2D eigenvalue weighted by molar-refractivity contribution is -0.135. The van der Waals surface area contributed by atoms with Crippen LogP contribution >= 0.6 is 0 Å². The maximum atomic E-state index is 13.7. The molecule has 0 saturated carbocycles. The average molecular weight is 346 g/mol. The van der Waals surface area contributed by atoms with Crippen molar-refractivity contribution in [3.05, 3.63) is 29.8 Å². The zero-order valence-corrected chi connectivity index (χ0v) is 13.9. The molecular weight excluding hydrogens is 326 g/mol. The first kappa shape index (κ1) is 17.8. The lowest BCUT2D eigenvalue weighted by Crippen LogP contribution is -2.51. The van der Waals surface area contributed by atoms with Crippen LogP contribution in [0.2, 0.25) is 0 Å². The number of rotatable bonds is 4. The van der Waals surface area contributed by atoms with Crippen LogP contribution in [0.4, 0.5) is 8.78 Å². The second-order valence-electron chi connectivity index (χ2n) is 5.79. The SMILES string of the molecule is C[C@H](NS(=O)(=O)c1ccc(F)cc1F)C(=O)N1CCCC[C@@H]1C. The molecule has 2 atom stereocenters. The summed E-state index contributed by atoms with van der Waals surface area (Å²) in [6.07, 6.45) is 2.78. The molecule has 5 nitrogen and oxygen atoms in total. The van der Waals surface area contributed by atoms with E-state index in [1.54, 1.807) is 4.90 Å². The summed E-state index contributed by atoms with van der Waals surface area (Å²) < 4.78 is 53.1. The van der Waals surface area contributed by atoms with Gasteiger partial charge in [-0.3, -0.25) is 4.79 Å². The van der Waals surface area contributed by atoms with Crippen molar-refractivity contribution in [1.29, 1.82) is 0 Å². The zero-order valence-electron chi connectivity index (χ0n) is 13.1. The maximum absolute atomic E-state index is 13.7. The summed E-state index contributed by atoms with van der Waals surface area (Å²) in [5.74, 6) is -2.40. The molecule has 0 spiro atoms. The lowest BCUT2D eigenvalue weighted by Gasteiger charge is -2.35. The molecule has 0 aliphatic carbocycles. The number of likely N-dealkylation sites (tertiary alicyclic amines) is 1. The highest BCUT2D eigenvalue weighted by molar-refractivity contribution is 7.89. The molecule has 8 heteroatoms. The van der Waals surface area contributed by atoms with Gasteiger partial charge in [-0.05, 0) is 45.2 Å². The van der Waals surface area contributed by atoms with Crippen LogP contribution in [0.25, 0.3) is 0 Å². The largest absolute Gasteiger partial charge is 0.339 e. The fraction of sp³-hybridized carbons (Fsp3) is 0.533. The highest BCUT2D eigenvalue weighted by atomic mass is 32.2. The van der Waals surface area contributed by atoms with Gasteiger partial charge in [0, 0.05) is 18.7 Å². The van der Waals surface area contributed by atoms with Crippen molar-refractivity contribution >= 4 is 15.9 Å². The number of carbonyl (C=O) groups excluding carboxylic acids is 1. The Morgan fingerprint density at radius 1 is 1.35 bits per heavy atom. The topological polar surface area (TPSA) is 66.5 Å². The number of piperidine rings is 1. The van der Waals surface area contributed by atoms with E-state index in [2.05, 4.69) is 4.72 Å². The molecule has 1 aromatic rings. The molecule has 128 valence electrons. The molecule has 1 heterocycles. The Hall–Kier alpha value is -1.54. The van der Waals surface area contributed by atoms with E-state index in [0.717, 1.165) is 31.4 Å². The van der Waals surface area contributed by atoms with Gasteiger partial charge in [-0.25, -0.2) is 17.2 Å². The van der Waals surface area contributed by atoms with E-state index >= 15 is 0 Å². The molecule has 1 aromatic carbocycles. The van der Waals surface area contributed by atoms with Gasteiger partial charge in [-0.15, -0.1) is 0 Å². The molecule has 1 aliphatic heterocycles. The molecular formula is C15H20F2N2O3S. The second-order valence-corrected chi connectivity index (χ2v) is 7.48. The minimum Gasteiger partial charge on any atom is -0.339 e. The predicted molar refractivity (Wildman–Crippen MR) is 81.2 cm³/mol. The van der Waals surface area contributed by atoms with Crippen molar-refractivity contribution in [3.8, 4) is 0 Å². The first-order valence-electron chi connectivity index (χ1n) is 7.50. The van der Waals surface area contributed by atoms with Crippen LogP contribution in [0, 0.1) is 11.6 Å². The van der Waals surface area contributed by atoms with Gasteiger partial charge in [0.15, 0.2) is 0 Å². The third kappa shape index (κ3) is 4.06. The summed E-state index contributed by atoms with van der Waals surface area (Å²) in [5, 5.41) is 0. The second kappa shape index (κ2) is 6.92. The van der Waals surface area contributed by atoms with E-state index < -0.39 is 32.6 Å². The van der Waals surface area contributed by atoms with Crippen LogP contribution in [-0.4, -0.2) is 37.9 Å². The normalized spacial score (nSPS) is 20.3. The Morgan fingerprint density at radius 3 is 2.65 bits per heavy atom. The van der Waals surface area contributed by atoms with Crippen LogP contribution < -0.4 is 4.72 Å². The maximum Gasteiger partial charge on any atom is 0.244 e. The first-order valence-corrected chi connectivity index (χ1v) is 8.98. The van der Waals surface area contributed by atoms with Crippen LogP contribution in [0.5, 0.6) is 0 Å². The molecule has 1 amide bonds. The number of benzene rings is 1. The molecule has 0 radical (unpaired) electrons. The summed E-state index contributed by atoms with van der Waals surface area (Å²) in [7, 11) is -4.25. The Morgan fingerprint density at radius 2 is 2.04 bits per heavy atom. The van der Waals surface area contributed by atoms with Gasteiger partial charge in [-0.1, -0.05) is 0 Å². The summed E-state index contributed by atoms with van der Waals surface area (Å²) >= 11 is 0. The van der Waals surface area contributed by atoms with Crippen molar-refractivity contribution < 1.29 is 22.0 Å². The van der Waals surface area contributed by atoms with E-state index in [1.807, 2.05) is 6.92 Å². The summed E-state index contributed by atoms with van der Waals surface area (Å²) in [5.41, 5.74) is 0. The van der Waals surface area contributed by atoms with E-state index in [1.165, 1.54) is 6.92 Å². The Labute approximate surface area is 134 Å². The average Bonchev–Trinajstić information content (AvgIpc) is 2.46. The molecule has 23 heavy (non-hydrogen) atoms. The highest BCUT2D eigenvalue weighted by Gasteiger charge is 2.30. The van der Waals surface area contributed by atoms with Crippen LogP contribution in [0.3, 0.4) is 0 Å². The number of halogens is 2. The highest BCUT2D eigenvalue weighted by Crippen LogP contribution is 2.19. The van der Waals surface area contributed by atoms with E-state index in [0.29, 0.717) is 12.6 Å². The molecule has 1 fully saturated rings. The van der Waals surface area contributed by atoms with Crippen molar-refractivity contribution in [2.75, 3.05) is 6.54 Å². The minimum absolute atomic E-state index is 0.0470. The third-order valence-electron chi connectivity index (χ3n) is 3.97. The predicted octanol–water partition coefficient (Wildman–Crippen LogP) is 2.03. The lowest BCUT2D eigenvalue weighted by atomic mass is 10.0.